The fraction of sp³-hybridized carbons (Fsp3) is 0.286. The molecule has 0 amide bonds. The zero-order valence-electron chi connectivity index (χ0n) is 10.6. The smallest absolute Gasteiger partial charge is 0.213 e. The number of aromatic nitrogens is 2. The summed E-state index contributed by atoms with van der Waals surface area (Å²) in [6, 6.07) is 7.82. The lowest BCUT2D eigenvalue weighted by Crippen LogP contribution is -2.32. The normalized spacial score (nSPS) is 13.8. The maximum atomic E-state index is 13.0. The Kier molecular flexibility index (Phi) is 3.93. The van der Waals surface area contributed by atoms with Crippen LogP contribution in [0.2, 0.25) is 0 Å². The molecular weight excluding hydrogens is 243 g/mol. The van der Waals surface area contributed by atoms with Crippen molar-refractivity contribution in [2.75, 3.05) is 0 Å². The Labute approximate surface area is 111 Å². The molecule has 0 aliphatic heterocycles. The van der Waals surface area contributed by atoms with Gasteiger partial charge in [0.2, 0.25) is 5.82 Å². The number of rotatable bonds is 4. The summed E-state index contributed by atoms with van der Waals surface area (Å²) in [4.78, 5) is 3.99. The second-order valence-electron chi connectivity index (χ2n) is 4.34. The molecule has 1 heterocycles. The molecule has 5 heteroatoms. The van der Waals surface area contributed by atoms with Gasteiger partial charge in [-0.15, -0.1) is 0 Å². The third-order valence-electron chi connectivity index (χ3n) is 3.16. The first-order valence-corrected chi connectivity index (χ1v) is 6.11. The molecule has 2 unspecified atom stereocenters. The molecule has 0 spiro atoms. The van der Waals surface area contributed by atoms with Crippen molar-refractivity contribution in [3.8, 4) is 6.07 Å². The van der Waals surface area contributed by atoms with Crippen LogP contribution in [-0.2, 0) is 0 Å². The van der Waals surface area contributed by atoms with Gasteiger partial charge in [0.15, 0.2) is 0 Å². The second-order valence-corrected chi connectivity index (χ2v) is 4.34. The van der Waals surface area contributed by atoms with E-state index in [0.29, 0.717) is 5.82 Å². The molecule has 98 valence electrons. The lowest BCUT2D eigenvalue weighted by molar-refractivity contribution is 0.454. The molecule has 0 fully saturated rings. The summed E-state index contributed by atoms with van der Waals surface area (Å²) in [5.74, 6) is 0.0110. The molecule has 0 bridgehead atoms. The Bertz CT molecular complexity index is 582. The van der Waals surface area contributed by atoms with E-state index in [1.165, 1.54) is 12.1 Å². The number of nitriles is 1. The van der Waals surface area contributed by atoms with Crippen LogP contribution in [0.1, 0.15) is 30.8 Å². The molecule has 0 saturated heterocycles. The number of hydrogen-bond acceptors (Lipinski definition) is 3. The van der Waals surface area contributed by atoms with E-state index in [4.69, 9.17) is 11.0 Å². The van der Waals surface area contributed by atoms with E-state index < -0.39 is 0 Å². The van der Waals surface area contributed by atoms with Crippen LogP contribution in [0, 0.1) is 17.1 Å². The molecule has 0 radical (unpaired) electrons. The molecule has 2 N–H and O–H groups in total. The van der Waals surface area contributed by atoms with Crippen molar-refractivity contribution in [2.24, 2.45) is 5.73 Å². The molecule has 2 atom stereocenters. The third-order valence-corrected chi connectivity index (χ3v) is 3.16. The van der Waals surface area contributed by atoms with Gasteiger partial charge in [0, 0.05) is 18.4 Å². The average Bonchev–Trinajstić information content (AvgIpc) is 2.89. The van der Waals surface area contributed by atoms with E-state index in [-0.39, 0.29) is 17.9 Å². The number of imidazole rings is 1. The lowest BCUT2D eigenvalue weighted by atomic mass is 9.97. The van der Waals surface area contributed by atoms with Gasteiger partial charge in [-0.05, 0) is 24.1 Å². The molecular formula is C14H15FN4. The van der Waals surface area contributed by atoms with Gasteiger partial charge in [-0.25, -0.2) is 9.37 Å². The molecule has 0 saturated carbocycles. The fourth-order valence-electron chi connectivity index (χ4n) is 2.12. The summed E-state index contributed by atoms with van der Waals surface area (Å²) < 4.78 is 14.8. The number of halogens is 1. The van der Waals surface area contributed by atoms with Crippen LogP contribution in [0.5, 0.6) is 0 Å². The van der Waals surface area contributed by atoms with E-state index >= 15 is 0 Å². The van der Waals surface area contributed by atoms with Crippen molar-refractivity contribution < 1.29 is 4.39 Å². The summed E-state index contributed by atoms with van der Waals surface area (Å²) >= 11 is 0. The van der Waals surface area contributed by atoms with Crippen molar-refractivity contribution in [2.45, 2.75) is 25.4 Å². The monoisotopic (exact) mass is 258 g/mol. The second kappa shape index (κ2) is 5.63. The number of nitrogens with zero attached hydrogens (tertiary/aromatic N) is 3. The molecule has 1 aromatic carbocycles. The lowest BCUT2D eigenvalue weighted by Gasteiger charge is -2.25. The maximum absolute atomic E-state index is 13.0. The Balaban J connectivity index is 2.48. The number of benzene rings is 1. The Morgan fingerprint density at radius 3 is 2.68 bits per heavy atom. The Morgan fingerprint density at radius 1 is 1.42 bits per heavy atom. The van der Waals surface area contributed by atoms with Crippen molar-refractivity contribution in [3.05, 3.63) is 53.9 Å². The van der Waals surface area contributed by atoms with Crippen LogP contribution < -0.4 is 5.73 Å². The summed E-state index contributed by atoms with van der Waals surface area (Å²) in [5.41, 5.74) is 7.02. The van der Waals surface area contributed by atoms with Crippen LogP contribution in [0.3, 0.4) is 0 Å². The Morgan fingerprint density at radius 2 is 2.11 bits per heavy atom. The highest BCUT2D eigenvalue weighted by atomic mass is 19.1. The van der Waals surface area contributed by atoms with Gasteiger partial charge in [0.1, 0.15) is 11.9 Å². The number of nitrogens with two attached hydrogens (primary N) is 1. The van der Waals surface area contributed by atoms with Gasteiger partial charge in [0.25, 0.3) is 0 Å². The standard InChI is InChI=1S/C14H15FN4/c1-2-12(17)14(10-3-5-11(15)6-4-10)19-8-7-18-13(19)9-16/h3-8,12,14H,2,17H2,1H3. The third kappa shape index (κ3) is 2.64. The summed E-state index contributed by atoms with van der Waals surface area (Å²) in [7, 11) is 0. The van der Waals surface area contributed by atoms with E-state index in [0.717, 1.165) is 12.0 Å². The summed E-state index contributed by atoms with van der Waals surface area (Å²) in [6.45, 7) is 1.98. The SMILES string of the molecule is CCC(N)C(c1ccc(F)cc1)n1ccnc1C#N. The highest BCUT2D eigenvalue weighted by Crippen LogP contribution is 2.24. The van der Waals surface area contributed by atoms with E-state index in [1.54, 1.807) is 29.1 Å². The first kappa shape index (κ1) is 13.2. The first-order valence-electron chi connectivity index (χ1n) is 6.11. The first-order chi connectivity index (χ1) is 9.17. The predicted molar refractivity (Wildman–Crippen MR) is 69.7 cm³/mol. The largest absolute Gasteiger partial charge is 0.326 e. The highest BCUT2D eigenvalue weighted by Gasteiger charge is 2.22. The summed E-state index contributed by atoms with van der Waals surface area (Å²) in [6.07, 6.45) is 4.03. The fourth-order valence-corrected chi connectivity index (χ4v) is 2.12. The van der Waals surface area contributed by atoms with E-state index in [2.05, 4.69) is 4.98 Å². The molecule has 2 rings (SSSR count). The molecule has 0 aliphatic carbocycles. The van der Waals surface area contributed by atoms with Gasteiger partial charge >= 0.3 is 0 Å². The molecule has 0 aliphatic rings. The quantitative estimate of drug-likeness (QED) is 0.914. The van der Waals surface area contributed by atoms with Crippen LogP contribution in [0.4, 0.5) is 4.39 Å². The zero-order valence-corrected chi connectivity index (χ0v) is 10.6. The topological polar surface area (TPSA) is 67.6 Å². The van der Waals surface area contributed by atoms with Gasteiger partial charge in [-0.2, -0.15) is 5.26 Å². The average molecular weight is 258 g/mol. The Hall–Kier alpha value is -2.19. The molecule has 19 heavy (non-hydrogen) atoms. The minimum absolute atomic E-state index is 0.174. The van der Waals surface area contributed by atoms with Crippen LogP contribution in [0.25, 0.3) is 0 Å². The van der Waals surface area contributed by atoms with Crippen molar-refractivity contribution in [1.29, 1.82) is 5.26 Å². The van der Waals surface area contributed by atoms with Crippen molar-refractivity contribution in [1.82, 2.24) is 9.55 Å². The van der Waals surface area contributed by atoms with E-state index in [1.807, 2.05) is 13.0 Å². The molecule has 1 aromatic heterocycles. The van der Waals surface area contributed by atoms with Gasteiger partial charge in [0.05, 0.1) is 6.04 Å². The molecule has 4 nitrogen and oxygen atoms in total. The minimum atomic E-state index is -0.293. The van der Waals surface area contributed by atoms with Crippen molar-refractivity contribution >= 4 is 0 Å². The van der Waals surface area contributed by atoms with Crippen molar-refractivity contribution in [3.63, 3.8) is 0 Å². The maximum Gasteiger partial charge on any atom is 0.213 e. The van der Waals surface area contributed by atoms with Gasteiger partial charge in [-0.3, -0.25) is 0 Å². The summed E-state index contributed by atoms with van der Waals surface area (Å²) in [5, 5.41) is 9.07. The predicted octanol–water partition coefficient (Wildman–Crippen LogP) is 2.22. The minimum Gasteiger partial charge on any atom is -0.326 e. The van der Waals surface area contributed by atoms with Crippen LogP contribution in [-0.4, -0.2) is 15.6 Å². The van der Waals surface area contributed by atoms with E-state index in [9.17, 15) is 4.39 Å². The number of hydrogen-bond donors (Lipinski definition) is 1. The zero-order chi connectivity index (χ0) is 13.8. The molecule has 2 aromatic rings. The van der Waals surface area contributed by atoms with Gasteiger partial charge in [-0.1, -0.05) is 19.1 Å². The van der Waals surface area contributed by atoms with Crippen LogP contribution >= 0.6 is 0 Å². The van der Waals surface area contributed by atoms with Gasteiger partial charge < -0.3 is 10.3 Å². The van der Waals surface area contributed by atoms with Crippen LogP contribution in [0.15, 0.2) is 36.7 Å². The highest BCUT2D eigenvalue weighted by molar-refractivity contribution is 5.25.